The standard InChI is InChI=1S/C17H20N2O/c1-4-16-15(18-5-2)10-7-11-19(16)17(20)14-9-6-8-13(3)12-14/h4-6,8-9,12H,1,7,10-11H2,2-3H3. The van der Waals surface area contributed by atoms with Crippen molar-refractivity contribution in [1.82, 2.24) is 4.90 Å². The molecule has 1 aromatic rings. The van der Waals surface area contributed by atoms with Crippen LogP contribution in [0.4, 0.5) is 0 Å². The van der Waals surface area contributed by atoms with Crippen LogP contribution in [0.2, 0.25) is 0 Å². The molecule has 0 saturated carbocycles. The number of hydrogen-bond acceptors (Lipinski definition) is 2. The Bertz CT molecular complexity index is 584. The van der Waals surface area contributed by atoms with E-state index in [1.54, 1.807) is 17.2 Å². The summed E-state index contributed by atoms with van der Waals surface area (Å²) in [6.07, 6.45) is 5.32. The third-order valence-electron chi connectivity index (χ3n) is 3.37. The van der Waals surface area contributed by atoms with E-state index in [0.29, 0.717) is 5.56 Å². The highest BCUT2D eigenvalue weighted by molar-refractivity contribution is 5.96. The average Bonchev–Trinajstić information content (AvgIpc) is 2.46. The zero-order valence-electron chi connectivity index (χ0n) is 12.1. The summed E-state index contributed by atoms with van der Waals surface area (Å²) in [6.45, 7) is 8.43. The topological polar surface area (TPSA) is 32.7 Å². The number of aryl methyl sites for hydroxylation is 1. The van der Waals surface area contributed by atoms with Crippen LogP contribution in [0.3, 0.4) is 0 Å². The molecule has 1 amide bonds. The van der Waals surface area contributed by atoms with Gasteiger partial charge in [-0.25, -0.2) is 0 Å². The fourth-order valence-corrected chi connectivity index (χ4v) is 2.47. The van der Waals surface area contributed by atoms with Gasteiger partial charge in [-0.1, -0.05) is 24.3 Å². The van der Waals surface area contributed by atoms with Gasteiger partial charge < -0.3 is 4.90 Å². The fourth-order valence-electron chi connectivity index (χ4n) is 2.47. The molecule has 0 aromatic heterocycles. The van der Waals surface area contributed by atoms with Gasteiger partial charge in [0.15, 0.2) is 0 Å². The first-order valence-corrected chi connectivity index (χ1v) is 6.90. The van der Waals surface area contributed by atoms with E-state index in [1.807, 2.05) is 38.1 Å². The summed E-state index contributed by atoms with van der Waals surface area (Å²) < 4.78 is 0. The number of hydrogen-bond donors (Lipinski definition) is 0. The van der Waals surface area contributed by atoms with Crippen molar-refractivity contribution in [3.8, 4) is 0 Å². The number of carbonyl (C=O) groups is 1. The highest BCUT2D eigenvalue weighted by Crippen LogP contribution is 2.25. The fraction of sp³-hybridized carbons (Fsp3) is 0.294. The van der Waals surface area contributed by atoms with Gasteiger partial charge in [0.1, 0.15) is 0 Å². The van der Waals surface area contributed by atoms with E-state index in [9.17, 15) is 4.79 Å². The number of rotatable bonds is 3. The molecular weight excluding hydrogens is 248 g/mol. The Hall–Kier alpha value is -2.16. The smallest absolute Gasteiger partial charge is 0.258 e. The van der Waals surface area contributed by atoms with Crippen LogP contribution in [0.15, 0.2) is 53.3 Å². The minimum atomic E-state index is 0.0205. The molecule has 20 heavy (non-hydrogen) atoms. The summed E-state index contributed by atoms with van der Waals surface area (Å²) >= 11 is 0. The quantitative estimate of drug-likeness (QED) is 0.769. The van der Waals surface area contributed by atoms with E-state index < -0.39 is 0 Å². The molecule has 1 aliphatic rings. The summed E-state index contributed by atoms with van der Waals surface area (Å²) in [5, 5.41) is 0. The van der Waals surface area contributed by atoms with Crippen molar-refractivity contribution >= 4 is 12.1 Å². The van der Waals surface area contributed by atoms with Crippen LogP contribution in [0.25, 0.3) is 0 Å². The lowest BCUT2D eigenvalue weighted by Crippen LogP contribution is -2.34. The number of nitrogens with zero attached hydrogens (tertiary/aromatic N) is 2. The van der Waals surface area contributed by atoms with Gasteiger partial charge in [-0.15, -0.1) is 0 Å². The molecule has 0 unspecified atom stereocenters. The Labute approximate surface area is 120 Å². The molecule has 1 aromatic carbocycles. The maximum atomic E-state index is 12.7. The van der Waals surface area contributed by atoms with Crippen molar-refractivity contribution < 1.29 is 4.79 Å². The van der Waals surface area contributed by atoms with Crippen molar-refractivity contribution in [2.24, 2.45) is 4.99 Å². The van der Waals surface area contributed by atoms with Gasteiger partial charge >= 0.3 is 0 Å². The summed E-state index contributed by atoms with van der Waals surface area (Å²) in [7, 11) is 0. The summed E-state index contributed by atoms with van der Waals surface area (Å²) in [5.41, 5.74) is 3.57. The van der Waals surface area contributed by atoms with Crippen LogP contribution in [0, 0.1) is 6.92 Å². The first-order chi connectivity index (χ1) is 9.67. The molecule has 1 aliphatic heterocycles. The lowest BCUT2D eigenvalue weighted by molar-refractivity contribution is 0.0800. The number of aliphatic imine (C=N–C) groups is 1. The Kier molecular flexibility index (Phi) is 4.51. The molecule has 0 spiro atoms. The predicted molar refractivity (Wildman–Crippen MR) is 82.8 cm³/mol. The molecule has 2 rings (SSSR count). The van der Waals surface area contributed by atoms with Crippen molar-refractivity contribution in [1.29, 1.82) is 0 Å². The molecule has 0 N–H and O–H groups in total. The van der Waals surface area contributed by atoms with Crippen LogP contribution < -0.4 is 0 Å². The second-order valence-electron chi connectivity index (χ2n) is 4.85. The van der Waals surface area contributed by atoms with Crippen LogP contribution in [0.5, 0.6) is 0 Å². The number of amides is 1. The van der Waals surface area contributed by atoms with Gasteiger partial charge in [0.25, 0.3) is 5.91 Å². The Morgan fingerprint density at radius 3 is 2.90 bits per heavy atom. The lowest BCUT2D eigenvalue weighted by Gasteiger charge is -2.29. The lowest BCUT2D eigenvalue weighted by atomic mass is 10.1. The molecule has 0 saturated heterocycles. The zero-order chi connectivity index (χ0) is 14.5. The predicted octanol–water partition coefficient (Wildman–Crippen LogP) is 3.72. The van der Waals surface area contributed by atoms with E-state index in [2.05, 4.69) is 11.6 Å². The maximum absolute atomic E-state index is 12.7. The van der Waals surface area contributed by atoms with E-state index in [1.165, 1.54) is 0 Å². The van der Waals surface area contributed by atoms with Crippen LogP contribution in [-0.4, -0.2) is 23.6 Å². The minimum absolute atomic E-state index is 0.0205. The summed E-state index contributed by atoms with van der Waals surface area (Å²) in [5.74, 6) is 0.0205. The molecule has 1 heterocycles. The van der Waals surface area contributed by atoms with E-state index in [4.69, 9.17) is 0 Å². The zero-order valence-corrected chi connectivity index (χ0v) is 12.1. The van der Waals surface area contributed by atoms with Crippen molar-refractivity contribution in [3.05, 3.63) is 59.4 Å². The van der Waals surface area contributed by atoms with Gasteiger partial charge in [0.05, 0.1) is 11.4 Å². The second kappa shape index (κ2) is 6.33. The van der Waals surface area contributed by atoms with Crippen LogP contribution >= 0.6 is 0 Å². The molecular formula is C17H20N2O. The van der Waals surface area contributed by atoms with Crippen molar-refractivity contribution in [3.63, 3.8) is 0 Å². The summed E-state index contributed by atoms with van der Waals surface area (Å²) in [6, 6.07) is 7.67. The van der Waals surface area contributed by atoms with E-state index in [-0.39, 0.29) is 5.91 Å². The van der Waals surface area contributed by atoms with Gasteiger partial charge in [-0.3, -0.25) is 9.79 Å². The Morgan fingerprint density at radius 1 is 1.45 bits per heavy atom. The van der Waals surface area contributed by atoms with Crippen molar-refractivity contribution in [2.45, 2.75) is 26.7 Å². The summed E-state index contributed by atoms with van der Waals surface area (Å²) in [4.78, 5) is 18.8. The Balaban J connectivity index is 2.38. The molecule has 0 fully saturated rings. The first kappa shape index (κ1) is 14.3. The monoisotopic (exact) mass is 268 g/mol. The third-order valence-corrected chi connectivity index (χ3v) is 3.37. The molecule has 0 radical (unpaired) electrons. The molecule has 0 bridgehead atoms. The molecule has 0 atom stereocenters. The maximum Gasteiger partial charge on any atom is 0.258 e. The van der Waals surface area contributed by atoms with E-state index in [0.717, 1.165) is 36.3 Å². The Morgan fingerprint density at radius 2 is 2.25 bits per heavy atom. The first-order valence-electron chi connectivity index (χ1n) is 6.90. The number of carbonyl (C=O) groups excluding carboxylic acids is 1. The van der Waals surface area contributed by atoms with Gasteiger partial charge in [0, 0.05) is 18.3 Å². The minimum Gasteiger partial charge on any atom is -0.307 e. The number of benzene rings is 1. The highest BCUT2D eigenvalue weighted by atomic mass is 16.2. The van der Waals surface area contributed by atoms with Gasteiger partial charge in [0.2, 0.25) is 0 Å². The average molecular weight is 268 g/mol. The van der Waals surface area contributed by atoms with E-state index >= 15 is 0 Å². The normalized spacial score (nSPS) is 15.8. The van der Waals surface area contributed by atoms with Gasteiger partial charge in [-0.2, -0.15) is 0 Å². The SMILES string of the molecule is C=CC1=C(N=CC)CCCN1C(=O)c1cccc(C)c1. The van der Waals surface area contributed by atoms with Crippen LogP contribution in [0.1, 0.15) is 35.7 Å². The third kappa shape index (κ3) is 2.87. The molecule has 3 nitrogen and oxygen atoms in total. The highest BCUT2D eigenvalue weighted by Gasteiger charge is 2.24. The largest absolute Gasteiger partial charge is 0.307 e. The van der Waals surface area contributed by atoms with Crippen molar-refractivity contribution in [2.75, 3.05) is 6.54 Å². The molecule has 0 aliphatic carbocycles. The number of allylic oxidation sites excluding steroid dienone is 2. The molecule has 104 valence electrons. The van der Waals surface area contributed by atoms with Crippen LogP contribution in [-0.2, 0) is 0 Å². The van der Waals surface area contributed by atoms with Gasteiger partial charge in [-0.05, 0) is 44.9 Å². The second-order valence-corrected chi connectivity index (χ2v) is 4.85. The molecule has 3 heteroatoms.